The number of benzene rings is 3. The summed E-state index contributed by atoms with van der Waals surface area (Å²) in [5.41, 5.74) is 5.92. The van der Waals surface area contributed by atoms with Crippen molar-refractivity contribution in [3.05, 3.63) is 101 Å². The normalized spacial score (nSPS) is 12.8. The molecule has 1 amide bonds. The van der Waals surface area contributed by atoms with E-state index in [0.29, 0.717) is 43.8 Å². The summed E-state index contributed by atoms with van der Waals surface area (Å²) in [5.74, 6) is -0.189. The van der Waals surface area contributed by atoms with Gasteiger partial charge in [0.15, 0.2) is 5.78 Å². The maximum absolute atomic E-state index is 13.2. The third kappa shape index (κ3) is 5.66. The summed E-state index contributed by atoms with van der Waals surface area (Å²) in [6, 6.07) is 18.2. The van der Waals surface area contributed by atoms with Gasteiger partial charge in [0.05, 0.1) is 30.6 Å². The Kier molecular flexibility index (Phi) is 7.77. The maximum atomic E-state index is 13.2. The zero-order valence-electron chi connectivity index (χ0n) is 22.6. The van der Waals surface area contributed by atoms with Crippen molar-refractivity contribution >= 4 is 23.3 Å². The van der Waals surface area contributed by atoms with Crippen LogP contribution < -0.4 is 9.64 Å². The fraction of sp³-hybridized carbons (Fsp3) is 0.250. The summed E-state index contributed by atoms with van der Waals surface area (Å²) in [6.07, 6.45) is 4.67. The van der Waals surface area contributed by atoms with Crippen LogP contribution in [0.25, 0.3) is 11.1 Å². The van der Waals surface area contributed by atoms with Crippen LogP contribution in [0.5, 0.6) is 5.75 Å². The first-order valence-electron chi connectivity index (χ1n) is 13.3. The van der Waals surface area contributed by atoms with E-state index in [1.807, 2.05) is 62.5 Å². The van der Waals surface area contributed by atoms with E-state index in [4.69, 9.17) is 4.74 Å². The summed E-state index contributed by atoms with van der Waals surface area (Å²) in [5, 5.41) is 13.7. The number of hydrogen-bond acceptors (Lipinski definition) is 5. The molecule has 0 unspecified atom stereocenters. The van der Waals surface area contributed by atoms with Crippen LogP contribution in [0.3, 0.4) is 0 Å². The lowest BCUT2D eigenvalue weighted by Crippen LogP contribution is -2.37. The second-order valence-corrected chi connectivity index (χ2v) is 10.0. The highest BCUT2D eigenvalue weighted by Gasteiger charge is 2.29. The number of aryl methyl sites for hydroxylation is 1. The highest BCUT2D eigenvalue weighted by Crippen LogP contribution is 2.36. The SMILES string of the molecule is Cc1cccc(OCCCC(=O)N2CCC(=O)c3c(-c4cnn(Cc5cccc(C(=O)O)c5)c4)cccc32)c1C. The summed E-state index contributed by atoms with van der Waals surface area (Å²) in [4.78, 5) is 39.3. The van der Waals surface area contributed by atoms with Crippen molar-refractivity contribution in [1.29, 1.82) is 0 Å². The Balaban J connectivity index is 1.29. The van der Waals surface area contributed by atoms with Gasteiger partial charge >= 0.3 is 5.97 Å². The second kappa shape index (κ2) is 11.6. The molecule has 8 nitrogen and oxygen atoms in total. The van der Waals surface area contributed by atoms with Gasteiger partial charge in [-0.3, -0.25) is 14.3 Å². The first kappa shape index (κ1) is 26.9. The van der Waals surface area contributed by atoms with Gasteiger partial charge in [0.2, 0.25) is 5.91 Å². The molecule has 0 saturated heterocycles. The molecule has 0 radical (unpaired) electrons. The Hall–Kier alpha value is -4.72. The number of hydrogen-bond donors (Lipinski definition) is 1. The summed E-state index contributed by atoms with van der Waals surface area (Å²) < 4.78 is 7.63. The molecular weight excluding hydrogens is 506 g/mol. The molecule has 0 fully saturated rings. The number of ether oxygens (including phenoxy) is 1. The molecule has 2 heterocycles. The third-order valence-corrected chi connectivity index (χ3v) is 7.29. The van der Waals surface area contributed by atoms with Crippen molar-refractivity contribution in [1.82, 2.24) is 9.78 Å². The Morgan fingerprint density at radius 1 is 1.05 bits per heavy atom. The minimum absolute atomic E-state index is 0.00480. The van der Waals surface area contributed by atoms with Gasteiger partial charge in [-0.1, -0.05) is 36.4 Å². The first-order valence-corrected chi connectivity index (χ1v) is 13.3. The van der Waals surface area contributed by atoms with E-state index in [0.717, 1.165) is 33.6 Å². The number of aromatic carboxylic acids is 1. The minimum atomic E-state index is -0.981. The number of nitrogens with zero attached hydrogens (tertiary/aromatic N) is 3. The number of anilines is 1. The third-order valence-electron chi connectivity index (χ3n) is 7.29. The lowest BCUT2D eigenvalue weighted by molar-refractivity contribution is -0.118. The number of carbonyl (C=O) groups excluding carboxylic acids is 2. The molecule has 8 heteroatoms. The number of ketones is 1. The van der Waals surface area contributed by atoms with Crippen LogP contribution in [0.2, 0.25) is 0 Å². The van der Waals surface area contributed by atoms with E-state index in [1.54, 1.807) is 34.0 Å². The van der Waals surface area contributed by atoms with Gasteiger partial charge < -0.3 is 14.7 Å². The lowest BCUT2D eigenvalue weighted by atomic mass is 9.92. The van der Waals surface area contributed by atoms with Gasteiger partial charge in [-0.15, -0.1) is 0 Å². The van der Waals surface area contributed by atoms with Gasteiger partial charge in [0.25, 0.3) is 0 Å². The van der Waals surface area contributed by atoms with E-state index in [2.05, 4.69) is 5.10 Å². The van der Waals surface area contributed by atoms with Crippen LogP contribution in [0.15, 0.2) is 73.1 Å². The number of carboxylic acid groups (broad SMARTS) is 1. The molecule has 0 atom stereocenters. The van der Waals surface area contributed by atoms with Crippen molar-refractivity contribution in [3.63, 3.8) is 0 Å². The lowest BCUT2D eigenvalue weighted by Gasteiger charge is -2.30. The molecule has 40 heavy (non-hydrogen) atoms. The number of fused-ring (bicyclic) bond motifs is 1. The molecule has 1 aliphatic heterocycles. The van der Waals surface area contributed by atoms with Crippen LogP contribution in [0, 0.1) is 13.8 Å². The fourth-order valence-electron chi connectivity index (χ4n) is 5.02. The van der Waals surface area contributed by atoms with Crippen LogP contribution in [0.1, 0.15) is 56.7 Å². The zero-order valence-corrected chi connectivity index (χ0v) is 22.6. The predicted molar refractivity (Wildman–Crippen MR) is 152 cm³/mol. The van der Waals surface area contributed by atoms with Crippen molar-refractivity contribution in [2.24, 2.45) is 0 Å². The molecule has 3 aromatic carbocycles. The minimum Gasteiger partial charge on any atom is -0.493 e. The van der Waals surface area contributed by atoms with E-state index in [9.17, 15) is 19.5 Å². The monoisotopic (exact) mass is 537 g/mol. The van der Waals surface area contributed by atoms with Gasteiger partial charge in [-0.05, 0) is 66.8 Å². The largest absolute Gasteiger partial charge is 0.493 e. The first-order chi connectivity index (χ1) is 19.3. The number of rotatable bonds is 9. The zero-order chi connectivity index (χ0) is 28.2. The van der Waals surface area contributed by atoms with E-state index in [1.165, 1.54) is 0 Å². The molecule has 5 rings (SSSR count). The summed E-state index contributed by atoms with van der Waals surface area (Å²) in [6.45, 7) is 5.24. The average Bonchev–Trinajstić information content (AvgIpc) is 3.41. The van der Waals surface area contributed by atoms with Crippen molar-refractivity contribution in [2.45, 2.75) is 39.7 Å². The molecule has 1 N–H and O–H groups in total. The highest BCUT2D eigenvalue weighted by atomic mass is 16.5. The number of carbonyl (C=O) groups is 3. The average molecular weight is 538 g/mol. The van der Waals surface area contributed by atoms with Crippen LogP contribution in [0.4, 0.5) is 5.69 Å². The fourth-order valence-corrected chi connectivity index (χ4v) is 5.02. The van der Waals surface area contributed by atoms with Crippen molar-refractivity contribution in [2.75, 3.05) is 18.1 Å². The molecule has 4 aromatic rings. The predicted octanol–water partition coefficient (Wildman–Crippen LogP) is 5.69. The van der Waals surface area contributed by atoms with E-state index >= 15 is 0 Å². The molecule has 204 valence electrons. The molecule has 0 bridgehead atoms. The number of Topliss-reactive ketones (excluding diaryl/α,β-unsaturated/α-hetero) is 1. The molecule has 0 aliphatic carbocycles. The number of amides is 1. The molecule has 1 aliphatic rings. The molecule has 0 spiro atoms. The van der Waals surface area contributed by atoms with Gasteiger partial charge in [-0.25, -0.2) is 4.79 Å². The maximum Gasteiger partial charge on any atom is 0.335 e. The summed E-state index contributed by atoms with van der Waals surface area (Å²) >= 11 is 0. The van der Waals surface area contributed by atoms with Crippen molar-refractivity contribution in [3.8, 4) is 16.9 Å². The second-order valence-electron chi connectivity index (χ2n) is 10.0. The number of aromatic nitrogens is 2. The van der Waals surface area contributed by atoms with Gasteiger partial charge in [0.1, 0.15) is 5.75 Å². The Bertz CT molecular complexity index is 1590. The highest BCUT2D eigenvalue weighted by molar-refractivity contribution is 6.12. The quantitative estimate of drug-likeness (QED) is 0.275. The van der Waals surface area contributed by atoms with Gasteiger partial charge in [0, 0.05) is 36.7 Å². The molecule has 1 aromatic heterocycles. The van der Waals surface area contributed by atoms with Crippen molar-refractivity contribution < 1.29 is 24.2 Å². The Morgan fingerprint density at radius 3 is 2.67 bits per heavy atom. The van der Waals surface area contributed by atoms with Gasteiger partial charge in [-0.2, -0.15) is 5.10 Å². The standard InChI is InChI=1S/C32H31N3O5/c1-21-7-3-12-29(22(21)2)40-16-6-13-30(37)35-15-14-28(36)31-26(10-5-11-27(31)35)25-18-33-34(20-25)19-23-8-4-9-24(17-23)32(38)39/h3-5,7-12,17-18,20H,6,13-16,19H2,1-2H3,(H,38,39). The number of carboxylic acids is 1. The summed E-state index contributed by atoms with van der Waals surface area (Å²) in [7, 11) is 0. The van der Waals surface area contributed by atoms with E-state index in [-0.39, 0.29) is 23.7 Å². The van der Waals surface area contributed by atoms with Crippen LogP contribution >= 0.6 is 0 Å². The molecular formula is C32H31N3O5. The molecule has 0 saturated carbocycles. The smallest absolute Gasteiger partial charge is 0.335 e. The Morgan fingerprint density at radius 2 is 1.85 bits per heavy atom. The van der Waals surface area contributed by atoms with Crippen LogP contribution in [-0.2, 0) is 11.3 Å². The van der Waals surface area contributed by atoms with Crippen LogP contribution in [-0.4, -0.2) is 45.7 Å². The Labute approximate surface area is 232 Å². The van der Waals surface area contributed by atoms with E-state index < -0.39 is 5.97 Å². The topological polar surface area (TPSA) is 102 Å².